The SMILES string of the molecule is CNc1cc2cnc(C3=CNC(C(O)CC4CC4)C=C3C)cc2cn1. The maximum atomic E-state index is 10.4. The van der Waals surface area contributed by atoms with Crippen molar-refractivity contribution in [3.8, 4) is 0 Å². The number of aliphatic hydroxyl groups excluding tert-OH is 1. The molecule has 1 saturated carbocycles. The lowest BCUT2D eigenvalue weighted by Crippen LogP contribution is -2.37. The molecule has 2 aliphatic rings. The number of fused-ring (bicyclic) bond motifs is 1. The first kappa shape index (κ1) is 16.1. The number of nitrogens with zero attached hydrogens (tertiary/aromatic N) is 2. The van der Waals surface area contributed by atoms with Crippen LogP contribution >= 0.6 is 0 Å². The normalized spacial score (nSPS) is 21.3. The monoisotopic (exact) mass is 336 g/mol. The van der Waals surface area contributed by atoms with Gasteiger partial charge in [0.25, 0.3) is 0 Å². The van der Waals surface area contributed by atoms with Gasteiger partial charge in [-0.05, 0) is 37.0 Å². The van der Waals surface area contributed by atoms with E-state index < -0.39 is 0 Å². The van der Waals surface area contributed by atoms with Gasteiger partial charge >= 0.3 is 0 Å². The quantitative estimate of drug-likeness (QED) is 0.783. The predicted octanol–water partition coefficient (Wildman–Crippen LogP) is 3.09. The minimum absolute atomic E-state index is 0.00957. The highest BCUT2D eigenvalue weighted by atomic mass is 16.3. The molecule has 0 bridgehead atoms. The summed E-state index contributed by atoms with van der Waals surface area (Å²) in [5, 5.41) is 18.9. The van der Waals surface area contributed by atoms with Gasteiger partial charge in [0.15, 0.2) is 0 Å². The van der Waals surface area contributed by atoms with E-state index in [0.717, 1.165) is 39.9 Å². The minimum atomic E-state index is -0.325. The Hall–Kier alpha value is -2.40. The van der Waals surface area contributed by atoms with Gasteiger partial charge in [0, 0.05) is 42.0 Å². The van der Waals surface area contributed by atoms with Crippen molar-refractivity contribution in [3.05, 3.63) is 48.1 Å². The zero-order valence-corrected chi connectivity index (χ0v) is 14.7. The van der Waals surface area contributed by atoms with E-state index in [2.05, 4.69) is 39.7 Å². The van der Waals surface area contributed by atoms with Crippen LogP contribution in [0.25, 0.3) is 16.3 Å². The highest BCUT2D eigenvalue weighted by Crippen LogP contribution is 2.35. The van der Waals surface area contributed by atoms with E-state index in [4.69, 9.17) is 0 Å². The van der Waals surface area contributed by atoms with Crippen LogP contribution in [0.1, 0.15) is 31.9 Å². The fourth-order valence-corrected chi connectivity index (χ4v) is 3.36. The van der Waals surface area contributed by atoms with Crippen molar-refractivity contribution in [2.24, 2.45) is 5.92 Å². The third kappa shape index (κ3) is 3.37. The summed E-state index contributed by atoms with van der Waals surface area (Å²) in [4.78, 5) is 9.00. The Bertz CT molecular complexity index is 854. The second-order valence-corrected chi connectivity index (χ2v) is 7.08. The van der Waals surface area contributed by atoms with E-state index in [1.165, 1.54) is 12.8 Å². The van der Waals surface area contributed by atoms with Gasteiger partial charge in [-0.25, -0.2) is 4.98 Å². The topological polar surface area (TPSA) is 70.1 Å². The van der Waals surface area contributed by atoms with E-state index in [-0.39, 0.29) is 12.1 Å². The zero-order valence-electron chi connectivity index (χ0n) is 14.7. The number of nitrogens with one attached hydrogen (secondary N) is 2. The molecule has 2 atom stereocenters. The number of pyridine rings is 2. The predicted molar refractivity (Wildman–Crippen MR) is 101 cm³/mol. The lowest BCUT2D eigenvalue weighted by atomic mass is 9.94. The van der Waals surface area contributed by atoms with Crippen molar-refractivity contribution in [1.82, 2.24) is 15.3 Å². The summed E-state index contributed by atoms with van der Waals surface area (Å²) in [6, 6.07) is 4.05. The molecule has 0 saturated heterocycles. The Morgan fingerprint density at radius 2 is 2.00 bits per heavy atom. The van der Waals surface area contributed by atoms with Crippen molar-refractivity contribution in [2.45, 2.75) is 38.3 Å². The molecule has 25 heavy (non-hydrogen) atoms. The number of rotatable bonds is 5. The third-order valence-electron chi connectivity index (χ3n) is 5.10. The fraction of sp³-hybridized carbons (Fsp3) is 0.400. The average Bonchev–Trinajstić information content (AvgIpc) is 3.44. The Labute approximate surface area is 147 Å². The molecule has 0 amide bonds. The molecule has 1 fully saturated rings. The van der Waals surface area contributed by atoms with Gasteiger partial charge in [0.1, 0.15) is 5.82 Å². The molecule has 2 unspecified atom stereocenters. The summed E-state index contributed by atoms with van der Waals surface area (Å²) < 4.78 is 0. The van der Waals surface area contributed by atoms with E-state index in [1.54, 1.807) is 0 Å². The first-order valence-electron chi connectivity index (χ1n) is 8.91. The van der Waals surface area contributed by atoms with Crippen LogP contribution in [0.15, 0.2) is 42.4 Å². The standard InChI is InChI=1S/C20H24N4O/c1-12-5-18(19(25)6-13-3-4-13)23-11-16(12)17-7-14-10-24-20(21-2)8-15(14)9-22-17/h5,7-11,13,18-19,23,25H,3-4,6H2,1-2H3,(H,21,24). The van der Waals surface area contributed by atoms with E-state index >= 15 is 0 Å². The molecule has 0 aromatic carbocycles. The number of aliphatic hydroxyl groups is 1. The van der Waals surface area contributed by atoms with Crippen LogP contribution in [0.3, 0.4) is 0 Å². The van der Waals surface area contributed by atoms with Crippen LogP contribution in [0.2, 0.25) is 0 Å². The average molecular weight is 336 g/mol. The number of hydrogen-bond donors (Lipinski definition) is 3. The fourth-order valence-electron chi connectivity index (χ4n) is 3.36. The summed E-state index contributed by atoms with van der Waals surface area (Å²) in [5.74, 6) is 1.55. The molecular weight excluding hydrogens is 312 g/mol. The number of allylic oxidation sites excluding steroid dienone is 2. The van der Waals surface area contributed by atoms with Crippen molar-refractivity contribution in [1.29, 1.82) is 0 Å². The van der Waals surface area contributed by atoms with Crippen LogP contribution in [0.4, 0.5) is 5.82 Å². The summed E-state index contributed by atoms with van der Waals surface area (Å²) in [6.07, 6.45) is 10.9. The third-order valence-corrected chi connectivity index (χ3v) is 5.10. The Kier molecular flexibility index (Phi) is 4.17. The van der Waals surface area contributed by atoms with Gasteiger partial charge < -0.3 is 15.7 Å². The number of hydrogen-bond acceptors (Lipinski definition) is 5. The molecule has 0 radical (unpaired) electrons. The van der Waals surface area contributed by atoms with Gasteiger partial charge in [-0.3, -0.25) is 4.98 Å². The minimum Gasteiger partial charge on any atom is -0.391 e. The van der Waals surface area contributed by atoms with Crippen LogP contribution in [-0.4, -0.2) is 34.3 Å². The van der Waals surface area contributed by atoms with Crippen LogP contribution in [-0.2, 0) is 0 Å². The number of aromatic nitrogens is 2. The molecule has 5 nitrogen and oxygen atoms in total. The highest BCUT2D eigenvalue weighted by molar-refractivity contribution is 5.88. The number of anilines is 1. The summed E-state index contributed by atoms with van der Waals surface area (Å²) in [5.41, 5.74) is 3.13. The molecule has 4 rings (SSSR count). The van der Waals surface area contributed by atoms with E-state index in [1.807, 2.05) is 31.7 Å². The molecular formula is C20H24N4O. The van der Waals surface area contributed by atoms with Crippen molar-refractivity contribution >= 4 is 22.2 Å². The largest absolute Gasteiger partial charge is 0.391 e. The maximum Gasteiger partial charge on any atom is 0.126 e. The molecule has 130 valence electrons. The van der Waals surface area contributed by atoms with E-state index in [9.17, 15) is 5.11 Å². The van der Waals surface area contributed by atoms with Crippen LogP contribution < -0.4 is 10.6 Å². The second-order valence-electron chi connectivity index (χ2n) is 7.08. The first-order chi connectivity index (χ1) is 12.1. The highest BCUT2D eigenvalue weighted by Gasteiger charge is 2.29. The Balaban J connectivity index is 1.56. The summed E-state index contributed by atoms with van der Waals surface area (Å²) in [6.45, 7) is 2.08. The smallest absolute Gasteiger partial charge is 0.126 e. The number of dihydropyridines is 1. The zero-order chi connectivity index (χ0) is 17.4. The lowest BCUT2D eigenvalue weighted by Gasteiger charge is -2.26. The van der Waals surface area contributed by atoms with Crippen LogP contribution in [0, 0.1) is 5.92 Å². The second kappa shape index (κ2) is 6.48. The van der Waals surface area contributed by atoms with Gasteiger partial charge in [-0.15, -0.1) is 0 Å². The molecule has 5 heteroatoms. The van der Waals surface area contributed by atoms with E-state index in [0.29, 0.717) is 5.92 Å². The Morgan fingerprint density at radius 3 is 2.72 bits per heavy atom. The van der Waals surface area contributed by atoms with Crippen LogP contribution in [0.5, 0.6) is 0 Å². The Morgan fingerprint density at radius 1 is 1.24 bits per heavy atom. The first-order valence-corrected chi connectivity index (χ1v) is 8.91. The maximum absolute atomic E-state index is 10.4. The van der Waals surface area contributed by atoms with Gasteiger partial charge in [0.2, 0.25) is 0 Å². The molecule has 2 aromatic heterocycles. The molecule has 2 aromatic rings. The molecule has 1 aliphatic heterocycles. The van der Waals surface area contributed by atoms with Gasteiger partial charge in [0.05, 0.1) is 17.8 Å². The molecule has 1 aliphatic carbocycles. The van der Waals surface area contributed by atoms with Gasteiger partial charge in [-0.1, -0.05) is 18.9 Å². The lowest BCUT2D eigenvalue weighted by molar-refractivity contribution is 0.134. The summed E-state index contributed by atoms with van der Waals surface area (Å²) >= 11 is 0. The summed E-state index contributed by atoms with van der Waals surface area (Å²) in [7, 11) is 1.86. The molecule has 3 N–H and O–H groups in total. The molecule has 0 spiro atoms. The van der Waals surface area contributed by atoms with Crippen molar-refractivity contribution in [3.63, 3.8) is 0 Å². The van der Waals surface area contributed by atoms with Crippen molar-refractivity contribution < 1.29 is 5.11 Å². The van der Waals surface area contributed by atoms with Gasteiger partial charge in [-0.2, -0.15) is 0 Å². The molecule has 3 heterocycles. The van der Waals surface area contributed by atoms with Crippen molar-refractivity contribution in [2.75, 3.05) is 12.4 Å².